The van der Waals surface area contributed by atoms with E-state index in [0.29, 0.717) is 18.1 Å². The van der Waals surface area contributed by atoms with E-state index < -0.39 is 10.0 Å². The number of hydrogen-bond acceptors (Lipinski definition) is 3. The summed E-state index contributed by atoms with van der Waals surface area (Å²) in [6, 6.07) is 4.80. The van der Waals surface area contributed by atoms with Crippen molar-refractivity contribution in [1.29, 1.82) is 0 Å². The fourth-order valence-corrected chi connectivity index (χ4v) is 3.15. The monoisotopic (exact) mass is 290 g/mol. The highest BCUT2D eigenvalue weighted by Crippen LogP contribution is 2.22. The van der Waals surface area contributed by atoms with E-state index in [1.54, 1.807) is 32.3 Å². The average Bonchev–Trinajstić information content (AvgIpc) is 2.32. The van der Waals surface area contributed by atoms with Gasteiger partial charge in [-0.25, -0.2) is 12.7 Å². The van der Waals surface area contributed by atoms with E-state index in [4.69, 9.17) is 11.6 Å². The first-order valence-corrected chi connectivity index (χ1v) is 7.64. The van der Waals surface area contributed by atoms with Crippen molar-refractivity contribution in [3.63, 3.8) is 0 Å². The quantitative estimate of drug-likeness (QED) is 0.873. The summed E-state index contributed by atoms with van der Waals surface area (Å²) in [5.41, 5.74) is 0.783. The van der Waals surface area contributed by atoms with E-state index in [9.17, 15) is 8.42 Å². The maximum Gasteiger partial charge on any atom is 0.242 e. The minimum atomic E-state index is -3.41. The Morgan fingerprint density at radius 1 is 1.39 bits per heavy atom. The molecule has 0 aliphatic rings. The molecule has 1 N–H and O–H groups in total. The van der Waals surface area contributed by atoms with Gasteiger partial charge in [0, 0.05) is 25.2 Å². The molecule has 1 rings (SSSR count). The van der Waals surface area contributed by atoms with E-state index in [1.165, 1.54) is 4.31 Å². The van der Waals surface area contributed by atoms with Gasteiger partial charge >= 0.3 is 0 Å². The molecule has 1 aromatic carbocycles. The van der Waals surface area contributed by atoms with Crippen LogP contribution in [0.15, 0.2) is 23.1 Å². The highest BCUT2D eigenvalue weighted by molar-refractivity contribution is 7.89. The third kappa shape index (κ3) is 3.45. The Labute approximate surface area is 114 Å². The summed E-state index contributed by atoms with van der Waals surface area (Å²) >= 11 is 6.02. The standard InChI is InChI=1S/C12H19ClN2O2S/c1-4-7-15(3)18(16,17)11-5-6-12(13)10(8-11)9-14-2/h5-6,8,14H,4,7,9H2,1-3H3. The molecule has 0 radical (unpaired) electrons. The Hall–Kier alpha value is -0.620. The van der Waals surface area contributed by atoms with Gasteiger partial charge in [-0.05, 0) is 37.2 Å². The van der Waals surface area contributed by atoms with Gasteiger partial charge in [-0.3, -0.25) is 0 Å². The summed E-state index contributed by atoms with van der Waals surface area (Å²) < 4.78 is 25.9. The molecule has 0 heterocycles. The lowest BCUT2D eigenvalue weighted by Crippen LogP contribution is -2.27. The molecule has 0 aliphatic carbocycles. The summed E-state index contributed by atoms with van der Waals surface area (Å²) in [6.07, 6.45) is 0.784. The summed E-state index contributed by atoms with van der Waals surface area (Å²) in [5, 5.41) is 3.54. The molecule has 1 aromatic rings. The van der Waals surface area contributed by atoms with E-state index in [0.717, 1.165) is 12.0 Å². The summed E-state index contributed by atoms with van der Waals surface area (Å²) in [6.45, 7) is 2.99. The van der Waals surface area contributed by atoms with Crippen molar-refractivity contribution >= 4 is 21.6 Å². The van der Waals surface area contributed by atoms with Crippen LogP contribution >= 0.6 is 11.6 Å². The van der Waals surface area contributed by atoms with Crippen LogP contribution < -0.4 is 5.32 Å². The maximum atomic E-state index is 12.3. The van der Waals surface area contributed by atoms with Crippen LogP contribution in [0, 0.1) is 0 Å². The zero-order chi connectivity index (χ0) is 13.8. The van der Waals surface area contributed by atoms with Crippen LogP contribution in [0.5, 0.6) is 0 Å². The van der Waals surface area contributed by atoms with Gasteiger partial charge in [0.2, 0.25) is 10.0 Å². The van der Waals surface area contributed by atoms with Gasteiger partial charge in [-0.1, -0.05) is 18.5 Å². The van der Waals surface area contributed by atoms with Gasteiger partial charge in [0.25, 0.3) is 0 Å². The molecule has 18 heavy (non-hydrogen) atoms. The fraction of sp³-hybridized carbons (Fsp3) is 0.500. The Kier molecular flexibility index (Phi) is 5.59. The number of nitrogens with one attached hydrogen (secondary N) is 1. The van der Waals surface area contributed by atoms with Crippen molar-refractivity contribution in [1.82, 2.24) is 9.62 Å². The zero-order valence-corrected chi connectivity index (χ0v) is 12.5. The average molecular weight is 291 g/mol. The Morgan fingerprint density at radius 3 is 2.61 bits per heavy atom. The molecule has 0 fully saturated rings. The third-order valence-electron chi connectivity index (χ3n) is 2.63. The van der Waals surface area contributed by atoms with Gasteiger partial charge in [0.15, 0.2) is 0 Å². The molecule has 4 nitrogen and oxygen atoms in total. The first kappa shape index (κ1) is 15.4. The minimum Gasteiger partial charge on any atom is -0.316 e. The predicted molar refractivity (Wildman–Crippen MR) is 74.3 cm³/mol. The molecule has 6 heteroatoms. The van der Waals surface area contributed by atoms with Gasteiger partial charge in [-0.15, -0.1) is 0 Å². The normalized spacial score (nSPS) is 12.1. The molecule has 0 bridgehead atoms. The van der Waals surface area contributed by atoms with Crippen LogP contribution in [0.1, 0.15) is 18.9 Å². The Morgan fingerprint density at radius 2 is 2.06 bits per heavy atom. The summed E-state index contributed by atoms with van der Waals surface area (Å²) in [7, 11) is -0.0309. The van der Waals surface area contributed by atoms with Gasteiger partial charge in [0.05, 0.1) is 4.90 Å². The number of halogens is 1. The minimum absolute atomic E-state index is 0.285. The van der Waals surface area contributed by atoms with Crippen molar-refractivity contribution in [2.45, 2.75) is 24.8 Å². The number of sulfonamides is 1. The van der Waals surface area contributed by atoms with Gasteiger partial charge in [0.1, 0.15) is 0 Å². The molecule has 0 spiro atoms. The number of hydrogen-bond donors (Lipinski definition) is 1. The van der Waals surface area contributed by atoms with Crippen LogP contribution in [0.25, 0.3) is 0 Å². The van der Waals surface area contributed by atoms with Crippen molar-refractivity contribution in [3.05, 3.63) is 28.8 Å². The topological polar surface area (TPSA) is 49.4 Å². The highest BCUT2D eigenvalue weighted by Gasteiger charge is 2.20. The van der Waals surface area contributed by atoms with E-state index >= 15 is 0 Å². The summed E-state index contributed by atoms with van der Waals surface area (Å²) in [4.78, 5) is 0.285. The number of rotatable bonds is 6. The third-order valence-corrected chi connectivity index (χ3v) is 4.85. The first-order chi connectivity index (χ1) is 8.43. The molecule has 102 valence electrons. The molecule has 0 atom stereocenters. The summed E-state index contributed by atoms with van der Waals surface area (Å²) in [5.74, 6) is 0. The molecule has 0 aromatic heterocycles. The molecular formula is C12H19ClN2O2S. The Balaban J connectivity index is 3.13. The van der Waals surface area contributed by atoms with E-state index in [1.807, 2.05) is 6.92 Å². The van der Waals surface area contributed by atoms with Crippen molar-refractivity contribution in [2.24, 2.45) is 0 Å². The van der Waals surface area contributed by atoms with Gasteiger partial charge < -0.3 is 5.32 Å². The van der Waals surface area contributed by atoms with Crippen molar-refractivity contribution < 1.29 is 8.42 Å². The second-order valence-corrected chi connectivity index (χ2v) is 6.56. The zero-order valence-electron chi connectivity index (χ0n) is 10.9. The van der Waals surface area contributed by atoms with E-state index in [-0.39, 0.29) is 4.90 Å². The molecule has 0 unspecified atom stereocenters. The van der Waals surface area contributed by atoms with Crippen LogP contribution in [-0.2, 0) is 16.6 Å². The molecule has 0 saturated carbocycles. The van der Waals surface area contributed by atoms with Crippen molar-refractivity contribution in [2.75, 3.05) is 20.6 Å². The maximum absolute atomic E-state index is 12.3. The molecular weight excluding hydrogens is 272 g/mol. The first-order valence-electron chi connectivity index (χ1n) is 5.82. The Bertz CT molecular complexity index is 503. The molecule has 0 amide bonds. The number of benzene rings is 1. The fourth-order valence-electron chi connectivity index (χ4n) is 1.65. The van der Waals surface area contributed by atoms with Crippen LogP contribution in [0.2, 0.25) is 5.02 Å². The highest BCUT2D eigenvalue weighted by atomic mass is 35.5. The number of nitrogens with zero attached hydrogens (tertiary/aromatic N) is 1. The molecule has 0 saturated heterocycles. The lowest BCUT2D eigenvalue weighted by molar-refractivity contribution is 0.468. The largest absolute Gasteiger partial charge is 0.316 e. The smallest absolute Gasteiger partial charge is 0.242 e. The second kappa shape index (κ2) is 6.52. The van der Waals surface area contributed by atoms with Crippen molar-refractivity contribution in [3.8, 4) is 0 Å². The van der Waals surface area contributed by atoms with Crippen LogP contribution in [-0.4, -0.2) is 33.4 Å². The lowest BCUT2D eigenvalue weighted by Gasteiger charge is -2.17. The van der Waals surface area contributed by atoms with E-state index in [2.05, 4.69) is 5.32 Å². The predicted octanol–water partition coefficient (Wildman–Crippen LogP) is 2.09. The van der Waals surface area contributed by atoms with Crippen LogP contribution in [0.3, 0.4) is 0 Å². The lowest BCUT2D eigenvalue weighted by atomic mass is 10.2. The molecule has 0 aliphatic heterocycles. The SMILES string of the molecule is CCCN(C)S(=O)(=O)c1ccc(Cl)c(CNC)c1. The van der Waals surface area contributed by atoms with Crippen LogP contribution in [0.4, 0.5) is 0 Å². The van der Waals surface area contributed by atoms with Gasteiger partial charge in [-0.2, -0.15) is 0 Å². The second-order valence-electron chi connectivity index (χ2n) is 4.11.